The van der Waals surface area contributed by atoms with Crippen LogP contribution in [0.3, 0.4) is 0 Å². The normalized spacial score (nSPS) is 12.1. The van der Waals surface area contributed by atoms with Crippen molar-refractivity contribution < 1.29 is 22.3 Å². The van der Waals surface area contributed by atoms with Gasteiger partial charge in [0.25, 0.3) is 0 Å². The van der Waals surface area contributed by atoms with E-state index in [1.54, 1.807) is 25.1 Å². The van der Waals surface area contributed by atoms with Crippen molar-refractivity contribution in [1.29, 1.82) is 0 Å². The van der Waals surface area contributed by atoms with Crippen LogP contribution in [0.15, 0.2) is 53.4 Å². The van der Waals surface area contributed by atoms with Crippen LogP contribution in [0.25, 0.3) is 16.7 Å². The lowest BCUT2D eigenvalue weighted by molar-refractivity contribution is -0.133. The third-order valence-corrected chi connectivity index (χ3v) is 4.68. The van der Waals surface area contributed by atoms with Crippen molar-refractivity contribution >= 4 is 21.4 Å². The summed E-state index contributed by atoms with van der Waals surface area (Å²) in [6, 6.07) is 10.1. The van der Waals surface area contributed by atoms with Crippen LogP contribution in [-0.4, -0.2) is 27.8 Å². The number of hydrogen-bond donors (Lipinski definition) is 0. The minimum absolute atomic E-state index is 0.0647. The molecule has 0 saturated carbocycles. The standard InChI is InChI=1S/C18H17FO4S/c1-4-14(18(20)23-2)15-6-5-7-16(24(3,21)22)17(15)12-8-10-13(19)11-9-12/h4-11H,1-3H3/b14-4+. The zero-order valence-corrected chi connectivity index (χ0v) is 14.4. The molecule has 0 aliphatic heterocycles. The van der Waals surface area contributed by atoms with E-state index < -0.39 is 21.6 Å². The fourth-order valence-corrected chi connectivity index (χ4v) is 3.40. The van der Waals surface area contributed by atoms with E-state index in [1.165, 1.54) is 37.4 Å². The predicted octanol–water partition coefficient (Wildman–Crippen LogP) is 3.47. The molecule has 0 bridgehead atoms. The van der Waals surface area contributed by atoms with Crippen LogP contribution in [0.5, 0.6) is 0 Å². The second-order valence-corrected chi connectivity index (χ2v) is 7.14. The van der Waals surface area contributed by atoms with Gasteiger partial charge >= 0.3 is 5.97 Å². The Balaban J connectivity index is 2.86. The summed E-state index contributed by atoms with van der Waals surface area (Å²) in [5.74, 6) is -1.01. The summed E-state index contributed by atoms with van der Waals surface area (Å²) in [7, 11) is -2.31. The molecule has 0 saturated heterocycles. The molecule has 4 nitrogen and oxygen atoms in total. The predicted molar refractivity (Wildman–Crippen MR) is 90.6 cm³/mol. The summed E-state index contributed by atoms with van der Waals surface area (Å²) >= 11 is 0. The molecule has 2 rings (SSSR count). The number of rotatable bonds is 4. The summed E-state index contributed by atoms with van der Waals surface area (Å²) in [4.78, 5) is 12.1. The second-order valence-electron chi connectivity index (χ2n) is 5.15. The number of ether oxygens (including phenoxy) is 1. The Morgan fingerprint density at radius 3 is 2.25 bits per heavy atom. The first-order chi connectivity index (χ1) is 11.3. The third-order valence-electron chi connectivity index (χ3n) is 3.54. The van der Waals surface area contributed by atoms with Gasteiger partial charge in [0, 0.05) is 11.8 Å². The average molecular weight is 348 g/mol. The zero-order chi connectivity index (χ0) is 17.9. The van der Waals surface area contributed by atoms with Gasteiger partial charge < -0.3 is 4.74 Å². The fourth-order valence-electron chi connectivity index (χ4n) is 2.47. The molecule has 126 valence electrons. The lowest BCUT2D eigenvalue weighted by Gasteiger charge is -2.15. The van der Waals surface area contributed by atoms with E-state index in [0.29, 0.717) is 16.7 Å². The van der Waals surface area contributed by atoms with Gasteiger partial charge in [0.15, 0.2) is 9.84 Å². The van der Waals surface area contributed by atoms with Gasteiger partial charge in [-0.2, -0.15) is 0 Å². The van der Waals surface area contributed by atoms with Gasteiger partial charge in [0.2, 0.25) is 0 Å². The van der Waals surface area contributed by atoms with E-state index >= 15 is 0 Å². The Hall–Kier alpha value is -2.47. The number of halogens is 1. The summed E-state index contributed by atoms with van der Waals surface area (Å²) in [6.07, 6.45) is 2.65. The van der Waals surface area contributed by atoms with Crippen LogP contribution in [-0.2, 0) is 19.4 Å². The maximum Gasteiger partial charge on any atom is 0.338 e. The largest absolute Gasteiger partial charge is 0.465 e. The number of sulfone groups is 1. The first-order valence-corrected chi connectivity index (χ1v) is 9.02. The van der Waals surface area contributed by atoms with E-state index in [9.17, 15) is 17.6 Å². The molecule has 0 aromatic heterocycles. The number of benzene rings is 2. The van der Waals surface area contributed by atoms with Gasteiger partial charge in [0.05, 0.1) is 17.6 Å². The molecule has 0 spiro atoms. The summed E-state index contributed by atoms with van der Waals surface area (Å²) in [6.45, 7) is 1.66. The van der Waals surface area contributed by atoms with Gasteiger partial charge in [-0.25, -0.2) is 17.6 Å². The third kappa shape index (κ3) is 3.54. The van der Waals surface area contributed by atoms with E-state index in [1.807, 2.05) is 0 Å². The van der Waals surface area contributed by atoms with Crippen LogP contribution < -0.4 is 0 Å². The van der Waals surface area contributed by atoms with E-state index in [4.69, 9.17) is 4.74 Å². The van der Waals surface area contributed by atoms with Crippen LogP contribution >= 0.6 is 0 Å². The Morgan fingerprint density at radius 1 is 1.12 bits per heavy atom. The van der Waals surface area contributed by atoms with Crippen LogP contribution in [0.4, 0.5) is 4.39 Å². The minimum atomic E-state index is -3.56. The molecule has 0 N–H and O–H groups in total. The van der Waals surface area contributed by atoms with Gasteiger partial charge in [0.1, 0.15) is 5.82 Å². The zero-order valence-electron chi connectivity index (χ0n) is 13.5. The van der Waals surface area contributed by atoms with Crippen LogP contribution in [0.2, 0.25) is 0 Å². The Bertz CT molecular complexity index is 897. The Kier molecular flexibility index (Phi) is 5.19. The molecule has 2 aromatic rings. The van der Waals surface area contributed by atoms with Crippen molar-refractivity contribution in [2.45, 2.75) is 11.8 Å². The number of carbonyl (C=O) groups is 1. The molecule has 0 unspecified atom stereocenters. The summed E-state index contributed by atoms with van der Waals surface area (Å²) < 4.78 is 42.4. The highest BCUT2D eigenvalue weighted by atomic mass is 32.2. The quantitative estimate of drug-likeness (QED) is 0.627. The number of methoxy groups -OCH3 is 1. The van der Waals surface area contributed by atoms with Crippen molar-refractivity contribution in [2.24, 2.45) is 0 Å². The van der Waals surface area contributed by atoms with Gasteiger partial charge in [-0.1, -0.05) is 30.3 Å². The van der Waals surface area contributed by atoms with Gasteiger partial charge in [-0.05, 0) is 36.2 Å². The van der Waals surface area contributed by atoms with Crippen molar-refractivity contribution in [3.05, 3.63) is 59.9 Å². The molecule has 0 fully saturated rings. The van der Waals surface area contributed by atoms with Gasteiger partial charge in [-0.3, -0.25) is 0 Å². The van der Waals surface area contributed by atoms with E-state index in [0.717, 1.165) is 6.26 Å². The molecule has 6 heteroatoms. The lowest BCUT2D eigenvalue weighted by Crippen LogP contribution is -2.08. The number of carbonyl (C=O) groups excluding carboxylic acids is 1. The molecule has 24 heavy (non-hydrogen) atoms. The molecule has 0 amide bonds. The molecule has 2 aromatic carbocycles. The Morgan fingerprint density at radius 2 is 1.75 bits per heavy atom. The van der Waals surface area contributed by atoms with Gasteiger partial charge in [-0.15, -0.1) is 0 Å². The van der Waals surface area contributed by atoms with E-state index in [-0.39, 0.29) is 10.5 Å². The highest BCUT2D eigenvalue weighted by Crippen LogP contribution is 2.35. The molecular weight excluding hydrogens is 331 g/mol. The summed E-state index contributed by atoms with van der Waals surface area (Å²) in [5.41, 5.74) is 1.50. The topological polar surface area (TPSA) is 60.4 Å². The van der Waals surface area contributed by atoms with E-state index in [2.05, 4.69) is 0 Å². The van der Waals surface area contributed by atoms with Crippen molar-refractivity contribution in [1.82, 2.24) is 0 Å². The second kappa shape index (κ2) is 6.97. The van der Waals surface area contributed by atoms with Crippen LogP contribution in [0.1, 0.15) is 12.5 Å². The number of allylic oxidation sites excluding steroid dienone is 1. The van der Waals surface area contributed by atoms with Crippen molar-refractivity contribution in [3.63, 3.8) is 0 Å². The maximum absolute atomic E-state index is 13.2. The Labute approximate surface area is 140 Å². The average Bonchev–Trinajstić information content (AvgIpc) is 2.55. The molecule has 0 heterocycles. The molecular formula is C18H17FO4S. The highest BCUT2D eigenvalue weighted by Gasteiger charge is 2.22. The minimum Gasteiger partial charge on any atom is -0.465 e. The molecule has 0 atom stereocenters. The molecule has 0 aliphatic rings. The first kappa shape index (κ1) is 17.9. The summed E-state index contributed by atoms with van der Waals surface area (Å²) in [5, 5.41) is 0. The smallest absolute Gasteiger partial charge is 0.338 e. The SMILES string of the molecule is C/C=C(/C(=O)OC)c1cccc(S(C)(=O)=O)c1-c1ccc(F)cc1. The molecule has 0 aliphatic carbocycles. The lowest BCUT2D eigenvalue weighted by atomic mass is 9.94. The highest BCUT2D eigenvalue weighted by molar-refractivity contribution is 7.90. The molecule has 0 radical (unpaired) electrons. The first-order valence-electron chi connectivity index (χ1n) is 7.13. The number of hydrogen-bond acceptors (Lipinski definition) is 4. The van der Waals surface area contributed by atoms with Crippen molar-refractivity contribution in [3.8, 4) is 11.1 Å². The van der Waals surface area contributed by atoms with Crippen LogP contribution in [0, 0.1) is 5.82 Å². The maximum atomic E-state index is 13.2. The fraction of sp³-hybridized carbons (Fsp3) is 0.167. The monoisotopic (exact) mass is 348 g/mol. The number of esters is 1. The van der Waals surface area contributed by atoms with Crippen molar-refractivity contribution in [2.75, 3.05) is 13.4 Å².